The van der Waals surface area contributed by atoms with E-state index in [1.54, 1.807) is 12.1 Å². The lowest BCUT2D eigenvalue weighted by Crippen LogP contribution is -2.13. The van der Waals surface area contributed by atoms with Gasteiger partial charge in [0.2, 0.25) is 5.91 Å². The summed E-state index contributed by atoms with van der Waals surface area (Å²) >= 11 is 1.41. The molecule has 0 aliphatic carbocycles. The summed E-state index contributed by atoms with van der Waals surface area (Å²) < 4.78 is 1.89. The second-order valence-electron chi connectivity index (χ2n) is 6.16. The van der Waals surface area contributed by atoms with E-state index in [0.29, 0.717) is 10.9 Å². The van der Waals surface area contributed by atoms with Crippen LogP contribution in [-0.4, -0.2) is 31.3 Å². The highest BCUT2D eigenvalue weighted by atomic mass is 32.2. The van der Waals surface area contributed by atoms with Crippen LogP contribution in [0.3, 0.4) is 0 Å². The first-order valence-corrected chi connectivity index (χ1v) is 9.57. The van der Waals surface area contributed by atoms with Gasteiger partial charge < -0.3 is 9.88 Å². The molecule has 28 heavy (non-hydrogen) atoms. The van der Waals surface area contributed by atoms with Crippen LogP contribution in [0.5, 0.6) is 0 Å². The van der Waals surface area contributed by atoms with E-state index < -0.39 is 4.92 Å². The van der Waals surface area contributed by atoms with Crippen LogP contribution < -0.4 is 5.32 Å². The number of para-hydroxylation sites is 2. The van der Waals surface area contributed by atoms with Crippen LogP contribution in [0.2, 0.25) is 0 Å². The molecule has 2 aromatic carbocycles. The monoisotopic (exact) mass is 397 g/mol. The van der Waals surface area contributed by atoms with Crippen LogP contribution in [0.1, 0.15) is 12.0 Å². The number of nitrogens with zero attached hydrogens (tertiary/aromatic N) is 4. The van der Waals surface area contributed by atoms with Crippen LogP contribution in [0.15, 0.2) is 53.7 Å². The molecule has 1 heterocycles. The number of benzene rings is 2. The van der Waals surface area contributed by atoms with Crippen molar-refractivity contribution in [2.45, 2.75) is 18.5 Å². The SMILES string of the molecule is Cc1cccc(-c2nnc(SCCC(=O)Nc3ccccc3[N+](=O)[O-])n2C)c1. The van der Waals surface area contributed by atoms with Crippen molar-refractivity contribution in [1.82, 2.24) is 14.8 Å². The minimum atomic E-state index is -0.517. The number of hydrogen-bond donors (Lipinski definition) is 1. The lowest BCUT2D eigenvalue weighted by Gasteiger charge is -2.06. The molecule has 0 unspecified atom stereocenters. The van der Waals surface area contributed by atoms with Gasteiger partial charge in [-0.05, 0) is 19.1 Å². The van der Waals surface area contributed by atoms with Gasteiger partial charge in [0.15, 0.2) is 11.0 Å². The van der Waals surface area contributed by atoms with Gasteiger partial charge in [-0.2, -0.15) is 0 Å². The molecule has 0 saturated heterocycles. The molecule has 0 spiro atoms. The van der Waals surface area contributed by atoms with E-state index in [0.717, 1.165) is 17.0 Å². The zero-order valence-electron chi connectivity index (χ0n) is 15.5. The lowest BCUT2D eigenvalue weighted by molar-refractivity contribution is -0.383. The molecule has 3 rings (SSSR count). The molecule has 0 radical (unpaired) electrons. The fourth-order valence-electron chi connectivity index (χ4n) is 2.66. The summed E-state index contributed by atoms with van der Waals surface area (Å²) in [5.74, 6) is 0.949. The number of nitro groups is 1. The molecule has 0 atom stereocenters. The Bertz CT molecular complexity index is 1020. The summed E-state index contributed by atoms with van der Waals surface area (Å²) in [7, 11) is 1.88. The first-order valence-electron chi connectivity index (χ1n) is 8.58. The van der Waals surface area contributed by atoms with Gasteiger partial charge in [-0.1, -0.05) is 47.7 Å². The average molecular weight is 397 g/mol. The van der Waals surface area contributed by atoms with Crippen molar-refractivity contribution in [1.29, 1.82) is 0 Å². The number of thioether (sulfide) groups is 1. The molecule has 0 aliphatic rings. The molecule has 3 aromatic rings. The number of rotatable bonds is 7. The van der Waals surface area contributed by atoms with Crippen molar-refractivity contribution < 1.29 is 9.72 Å². The number of hydrogen-bond acceptors (Lipinski definition) is 6. The molecule has 9 heteroatoms. The van der Waals surface area contributed by atoms with E-state index in [-0.39, 0.29) is 23.7 Å². The van der Waals surface area contributed by atoms with Crippen molar-refractivity contribution in [2.75, 3.05) is 11.1 Å². The first kappa shape index (κ1) is 19.6. The van der Waals surface area contributed by atoms with E-state index in [1.165, 1.54) is 23.9 Å². The number of amides is 1. The summed E-state index contributed by atoms with van der Waals surface area (Å²) in [4.78, 5) is 22.6. The topological polar surface area (TPSA) is 103 Å². The number of nitro benzene ring substituents is 1. The molecule has 8 nitrogen and oxygen atoms in total. The van der Waals surface area contributed by atoms with E-state index in [2.05, 4.69) is 15.5 Å². The highest BCUT2D eigenvalue weighted by molar-refractivity contribution is 7.99. The number of carbonyl (C=O) groups is 1. The maximum Gasteiger partial charge on any atom is 0.292 e. The van der Waals surface area contributed by atoms with E-state index in [4.69, 9.17) is 0 Å². The highest BCUT2D eigenvalue weighted by Gasteiger charge is 2.15. The smallest absolute Gasteiger partial charge is 0.292 e. The van der Waals surface area contributed by atoms with Crippen molar-refractivity contribution >= 4 is 29.0 Å². The van der Waals surface area contributed by atoms with Crippen molar-refractivity contribution in [2.24, 2.45) is 7.05 Å². The third-order valence-electron chi connectivity index (χ3n) is 4.05. The summed E-state index contributed by atoms with van der Waals surface area (Å²) in [6.07, 6.45) is 0.198. The molecule has 144 valence electrons. The Morgan fingerprint density at radius 1 is 1.21 bits per heavy atom. The van der Waals surface area contributed by atoms with Crippen LogP contribution >= 0.6 is 11.8 Å². The van der Waals surface area contributed by atoms with E-state index >= 15 is 0 Å². The standard InChI is InChI=1S/C19H19N5O3S/c1-13-6-5-7-14(12-13)18-21-22-19(23(18)2)28-11-10-17(25)20-15-8-3-4-9-16(15)24(26)27/h3-9,12H,10-11H2,1-2H3,(H,20,25). The van der Waals surface area contributed by atoms with Gasteiger partial charge in [0, 0.05) is 30.9 Å². The lowest BCUT2D eigenvalue weighted by atomic mass is 10.1. The zero-order chi connectivity index (χ0) is 20.1. The van der Waals surface area contributed by atoms with Crippen molar-refractivity contribution in [3.8, 4) is 11.4 Å². The summed E-state index contributed by atoms with van der Waals surface area (Å²) in [5, 5.41) is 22.7. The van der Waals surface area contributed by atoms with Crippen molar-refractivity contribution in [3.05, 3.63) is 64.2 Å². The van der Waals surface area contributed by atoms with Gasteiger partial charge in [0.1, 0.15) is 5.69 Å². The quantitative estimate of drug-likeness (QED) is 0.369. The summed E-state index contributed by atoms with van der Waals surface area (Å²) in [5.41, 5.74) is 2.19. The second-order valence-corrected chi connectivity index (χ2v) is 7.22. The Morgan fingerprint density at radius 2 is 2.00 bits per heavy atom. The number of aryl methyl sites for hydroxylation is 1. The van der Waals surface area contributed by atoms with Gasteiger partial charge >= 0.3 is 0 Å². The van der Waals surface area contributed by atoms with E-state index in [1.807, 2.05) is 42.8 Å². The number of aromatic nitrogens is 3. The van der Waals surface area contributed by atoms with Crippen LogP contribution in [0.25, 0.3) is 11.4 Å². The highest BCUT2D eigenvalue weighted by Crippen LogP contribution is 2.25. The van der Waals surface area contributed by atoms with Crippen molar-refractivity contribution in [3.63, 3.8) is 0 Å². The third kappa shape index (κ3) is 4.55. The summed E-state index contributed by atoms with van der Waals surface area (Å²) in [6, 6.07) is 14.1. The Labute approximate surface area is 166 Å². The van der Waals surface area contributed by atoms with Gasteiger partial charge in [-0.25, -0.2) is 0 Å². The fourth-order valence-corrected chi connectivity index (χ4v) is 3.51. The molecule has 0 aliphatic heterocycles. The average Bonchev–Trinajstić information content (AvgIpc) is 3.02. The molecular formula is C19H19N5O3S. The van der Waals surface area contributed by atoms with Gasteiger partial charge in [-0.3, -0.25) is 14.9 Å². The maximum absolute atomic E-state index is 12.1. The number of anilines is 1. The van der Waals surface area contributed by atoms with Gasteiger partial charge in [-0.15, -0.1) is 10.2 Å². The Balaban J connectivity index is 1.59. The normalized spacial score (nSPS) is 10.6. The molecular weight excluding hydrogens is 378 g/mol. The van der Waals surface area contributed by atoms with Crippen LogP contribution in [0.4, 0.5) is 11.4 Å². The Kier molecular flexibility index (Phi) is 6.05. The predicted octanol–water partition coefficient (Wildman–Crippen LogP) is 3.82. The molecule has 1 amide bonds. The Hall–Kier alpha value is -3.20. The first-order chi connectivity index (χ1) is 13.5. The molecule has 0 fully saturated rings. The maximum atomic E-state index is 12.1. The van der Waals surface area contributed by atoms with E-state index in [9.17, 15) is 14.9 Å². The molecule has 0 saturated carbocycles. The largest absolute Gasteiger partial charge is 0.320 e. The number of nitrogens with one attached hydrogen (secondary N) is 1. The predicted molar refractivity (Wildman–Crippen MR) is 108 cm³/mol. The zero-order valence-corrected chi connectivity index (χ0v) is 16.3. The molecule has 1 aromatic heterocycles. The summed E-state index contributed by atoms with van der Waals surface area (Å²) in [6.45, 7) is 2.02. The Morgan fingerprint density at radius 3 is 2.75 bits per heavy atom. The molecule has 1 N–H and O–H groups in total. The number of carbonyl (C=O) groups excluding carboxylic acids is 1. The van der Waals surface area contributed by atoms with Crippen LogP contribution in [-0.2, 0) is 11.8 Å². The van der Waals surface area contributed by atoms with Gasteiger partial charge in [0.05, 0.1) is 4.92 Å². The minimum Gasteiger partial charge on any atom is -0.320 e. The van der Waals surface area contributed by atoms with Gasteiger partial charge in [0.25, 0.3) is 5.69 Å². The van der Waals surface area contributed by atoms with Crippen LogP contribution in [0, 0.1) is 17.0 Å². The minimum absolute atomic E-state index is 0.125. The fraction of sp³-hybridized carbons (Fsp3) is 0.211. The molecule has 0 bridgehead atoms. The second kappa shape index (κ2) is 8.66. The third-order valence-corrected chi connectivity index (χ3v) is 5.07.